The molecule has 1 aromatic heterocycles. The van der Waals surface area contributed by atoms with Gasteiger partial charge in [0.05, 0.1) is 24.1 Å². The molecule has 3 aromatic carbocycles. The van der Waals surface area contributed by atoms with E-state index in [1.165, 1.54) is 11.8 Å². The molecule has 0 saturated carbocycles. The van der Waals surface area contributed by atoms with Crippen LogP contribution in [0, 0.1) is 0 Å². The van der Waals surface area contributed by atoms with Crippen LogP contribution in [0.4, 0.5) is 10.5 Å². The van der Waals surface area contributed by atoms with Gasteiger partial charge in [-0.3, -0.25) is 14.5 Å². The summed E-state index contributed by atoms with van der Waals surface area (Å²) in [6, 6.07) is 22.0. The Bertz CT molecular complexity index is 1350. The molecule has 0 unspecified atom stereocenters. The van der Waals surface area contributed by atoms with E-state index in [0.29, 0.717) is 17.0 Å². The first-order valence-corrected chi connectivity index (χ1v) is 11.7. The lowest BCUT2D eigenvalue weighted by atomic mass is 10.1. The fourth-order valence-corrected chi connectivity index (χ4v) is 4.64. The first-order valence-electron chi connectivity index (χ1n) is 10.7. The van der Waals surface area contributed by atoms with E-state index in [2.05, 4.69) is 20.6 Å². The third-order valence-corrected chi connectivity index (χ3v) is 6.38. The molecule has 34 heavy (non-hydrogen) atoms. The second-order valence-corrected chi connectivity index (χ2v) is 8.76. The predicted octanol–water partition coefficient (Wildman–Crippen LogP) is 4.16. The fourth-order valence-electron chi connectivity index (χ4n) is 3.76. The lowest BCUT2D eigenvalue weighted by Crippen LogP contribution is -2.30. The Hall–Kier alpha value is -4.11. The number of imide groups is 1. The van der Waals surface area contributed by atoms with Gasteiger partial charge in [0, 0.05) is 17.0 Å². The molecule has 1 aliphatic heterocycles. The van der Waals surface area contributed by atoms with Gasteiger partial charge in [-0.15, -0.1) is 0 Å². The van der Waals surface area contributed by atoms with Gasteiger partial charge in [0.15, 0.2) is 5.16 Å². The van der Waals surface area contributed by atoms with Crippen LogP contribution < -0.4 is 10.6 Å². The van der Waals surface area contributed by atoms with Crippen molar-refractivity contribution < 1.29 is 14.4 Å². The molecule has 0 atom stereocenters. The zero-order chi connectivity index (χ0) is 23.5. The number of H-pyrrole nitrogens is 1. The Morgan fingerprint density at radius 2 is 1.85 bits per heavy atom. The van der Waals surface area contributed by atoms with Gasteiger partial charge in [-0.2, -0.15) is 0 Å². The minimum Gasteiger partial charge on any atom is -0.333 e. The fraction of sp³-hybridized carbons (Fsp3) is 0.120. The van der Waals surface area contributed by atoms with Crippen molar-refractivity contribution in [2.45, 2.75) is 17.5 Å². The highest BCUT2D eigenvalue weighted by atomic mass is 32.2. The Morgan fingerprint density at radius 1 is 1.03 bits per heavy atom. The second kappa shape index (κ2) is 9.40. The van der Waals surface area contributed by atoms with Crippen LogP contribution in [0.1, 0.15) is 21.5 Å². The maximum Gasteiger partial charge on any atom is 0.324 e. The summed E-state index contributed by atoms with van der Waals surface area (Å²) < 4.78 is 0. The SMILES string of the molecule is O=C(Nc1cccc(CN2C(=O)CNC2=O)c1)c1ccccc1CSc1nc2ccccc2[nH]1. The standard InChI is InChI=1S/C25H21N5O3S/c31-22-13-26-25(33)30(22)14-16-6-5-8-18(12-16)27-23(32)19-9-2-1-7-17(19)15-34-24-28-20-10-3-4-11-21(20)29-24/h1-12H,13-15H2,(H,26,33)(H,27,32)(H,28,29). The van der Waals surface area contributed by atoms with Gasteiger partial charge in [0.1, 0.15) is 0 Å². The van der Waals surface area contributed by atoms with Gasteiger partial charge in [0.25, 0.3) is 5.91 Å². The van der Waals surface area contributed by atoms with Crippen LogP contribution >= 0.6 is 11.8 Å². The number of carbonyl (C=O) groups excluding carboxylic acids is 3. The van der Waals surface area contributed by atoms with E-state index in [0.717, 1.165) is 32.2 Å². The van der Waals surface area contributed by atoms with Crippen LogP contribution in [0.3, 0.4) is 0 Å². The number of amides is 4. The van der Waals surface area contributed by atoms with E-state index < -0.39 is 6.03 Å². The number of imidazole rings is 1. The number of fused-ring (bicyclic) bond motifs is 1. The number of aromatic amines is 1. The zero-order valence-corrected chi connectivity index (χ0v) is 18.9. The van der Waals surface area contributed by atoms with Crippen molar-refractivity contribution in [1.29, 1.82) is 0 Å². The molecule has 1 fully saturated rings. The summed E-state index contributed by atoms with van der Waals surface area (Å²) in [5, 5.41) is 6.23. The summed E-state index contributed by atoms with van der Waals surface area (Å²) in [6.07, 6.45) is 0. The van der Waals surface area contributed by atoms with Crippen LogP contribution in [0.15, 0.2) is 78.0 Å². The third-order valence-electron chi connectivity index (χ3n) is 5.46. The second-order valence-electron chi connectivity index (χ2n) is 7.80. The highest BCUT2D eigenvalue weighted by molar-refractivity contribution is 7.98. The number of aromatic nitrogens is 2. The smallest absolute Gasteiger partial charge is 0.324 e. The van der Waals surface area contributed by atoms with Crippen LogP contribution in [-0.4, -0.2) is 39.3 Å². The molecular formula is C25H21N5O3S. The molecule has 5 rings (SSSR count). The number of nitrogens with zero attached hydrogens (tertiary/aromatic N) is 2. The minimum absolute atomic E-state index is 0.0120. The quantitative estimate of drug-likeness (QED) is 0.277. The minimum atomic E-state index is -0.407. The van der Waals surface area contributed by atoms with Crippen molar-refractivity contribution in [3.8, 4) is 0 Å². The van der Waals surface area contributed by atoms with Crippen molar-refractivity contribution in [2.24, 2.45) is 0 Å². The van der Waals surface area contributed by atoms with Crippen molar-refractivity contribution in [3.63, 3.8) is 0 Å². The molecule has 2 heterocycles. The summed E-state index contributed by atoms with van der Waals surface area (Å²) in [4.78, 5) is 45.8. The molecule has 0 aliphatic carbocycles. The normalized spacial score (nSPS) is 13.4. The average molecular weight is 472 g/mol. The van der Waals surface area contributed by atoms with Crippen LogP contribution in [0.25, 0.3) is 11.0 Å². The van der Waals surface area contributed by atoms with Gasteiger partial charge in [-0.05, 0) is 41.5 Å². The van der Waals surface area contributed by atoms with E-state index in [1.54, 1.807) is 24.3 Å². The number of benzene rings is 3. The molecule has 0 bridgehead atoms. The van der Waals surface area contributed by atoms with E-state index in [4.69, 9.17) is 0 Å². The van der Waals surface area contributed by atoms with Crippen LogP contribution in [-0.2, 0) is 17.1 Å². The van der Waals surface area contributed by atoms with E-state index >= 15 is 0 Å². The molecule has 3 N–H and O–H groups in total. The number of rotatable bonds is 7. The van der Waals surface area contributed by atoms with E-state index in [-0.39, 0.29) is 24.9 Å². The van der Waals surface area contributed by atoms with Crippen molar-refractivity contribution in [1.82, 2.24) is 20.2 Å². The van der Waals surface area contributed by atoms with Gasteiger partial charge in [-0.1, -0.05) is 54.2 Å². The average Bonchev–Trinajstić information content (AvgIpc) is 3.41. The maximum absolute atomic E-state index is 13.1. The summed E-state index contributed by atoms with van der Waals surface area (Å²) >= 11 is 1.54. The number of nitrogens with one attached hydrogen (secondary N) is 3. The molecule has 1 aliphatic rings. The van der Waals surface area contributed by atoms with Crippen molar-refractivity contribution in [3.05, 3.63) is 89.5 Å². The van der Waals surface area contributed by atoms with Crippen LogP contribution in [0.2, 0.25) is 0 Å². The molecule has 8 nitrogen and oxygen atoms in total. The summed E-state index contributed by atoms with van der Waals surface area (Å²) in [5.41, 5.74) is 4.69. The number of thioether (sulfide) groups is 1. The Labute approximate surface area is 199 Å². The molecule has 4 aromatic rings. The van der Waals surface area contributed by atoms with Crippen LogP contribution in [0.5, 0.6) is 0 Å². The zero-order valence-electron chi connectivity index (χ0n) is 18.1. The number of urea groups is 1. The summed E-state index contributed by atoms with van der Waals surface area (Å²) in [6.45, 7) is 0.164. The molecule has 4 amide bonds. The largest absolute Gasteiger partial charge is 0.333 e. The topological polar surface area (TPSA) is 107 Å². The molecular weight excluding hydrogens is 450 g/mol. The molecule has 170 valence electrons. The summed E-state index contributed by atoms with van der Waals surface area (Å²) in [5.74, 6) is 0.0820. The third kappa shape index (κ3) is 4.65. The first-order chi connectivity index (χ1) is 16.6. The Morgan fingerprint density at radius 3 is 2.68 bits per heavy atom. The lowest BCUT2D eigenvalue weighted by molar-refractivity contribution is -0.125. The molecule has 1 saturated heterocycles. The number of hydrogen-bond donors (Lipinski definition) is 3. The van der Waals surface area contributed by atoms with Gasteiger partial charge >= 0.3 is 6.03 Å². The number of carbonyl (C=O) groups is 3. The Balaban J connectivity index is 1.28. The monoisotopic (exact) mass is 471 g/mol. The van der Waals surface area contributed by atoms with Gasteiger partial charge in [0.2, 0.25) is 5.91 Å². The molecule has 0 radical (unpaired) electrons. The highest BCUT2D eigenvalue weighted by Crippen LogP contribution is 2.25. The van der Waals surface area contributed by atoms with E-state index in [1.807, 2.05) is 48.5 Å². The number of hydrogen-bond acceptors (Lipinski definition) is 5. The van der Waals surface area contributed by atoms with Gasteiger partial charge < -0.3 is 15.6 Å². The first kappa shape index (κ1) is 21.7. The van der Waals surface area contributed by atoms with Crippen molar-refractivity contribution >= 4 is 46.3 Å². The van der Waals surface area contributed by atoms with Crippen molar-refractivity contribution in [2.75, 3.05) is 11.9 Å². The summed E-state index contributed by atoms with van der Waals surface area (Å²) in [7, 11) is 0. The number of para-hydroxylation sites is 2. The Kier molecular flexibility index (Phi) is 6.01. The van der Waals surface area contributed by atoms with Gasteiger partial charge in [-0.25, -0.2) is 9.78 Å². The molecule has 9 heteroatoms. The highest BCUT2D eigenvalue weighted by Gasteiger charge is 2.28. The van der Waals surface area contributed by atoms with E-state index in [9.17, 15) is 14.4 Å². The lowest BCUT2D eigenvalue weighted by Gasteiger charge is -2.14. The predicted molar refractivity (Wildman–Crippen MR) is 130 cm³/mol. The maximum atomic E-state index is 13.1. The molecule has 0 spiro atoms. The number of anilines is 1.